The lowest BCUT2D eigenvalue weighted by molar-refractivity contribution is -0.139. The Balaban J connectivity index is 1.85. The minimum atomic E-state index is -0.531. The normalized spacial score (nSPS) is 16.8. The summed E-state index contributed by atoms with van der Waals surface area (Å²) in [7, 11) is 0. The van der Waals surface area contributed by atoms with E-state index in [-0.39, 0.29) is 6.04 Å². The van der Waals surface area contributed by atoms with Crippen LogP contribution < -0.4 is 10.6 Å². The van der Waals surface area contributed by atoms with E-state index in [4.69, 9.17) is 0 Å². The number of hydrogen-bond acceptors (Lipinski definition) is 4. The molecule has 0 saturated carbocycles. The van der Waals surface area contributed by atoms with Gasteiger partial charge in [-0.15, -0.1) is 0 Å². The van der Waals surface area contributed by atoms with Crippen LogP contribution in [0.2, 0.25) is 0 Å². The molecule has 1 aliphatic heterocycles. The highest BCUT2D eigenvalue weighted by atomic mass is 32.1. The topological polar surface area (TPSA) is 61.4 Å². The second-order valence-electron chi connectivity index (χ2n) is 6.82. The van der Waals surface area contributed by atoms with E-state index in [1.165, 1.54) is 24.8 Å². The van der Waals surface area contributed by atoms with E-state index in [1.807, 2.05) is 0 Å². The third kappa shape index (κ3) is 5.91. The van der Waals surface area contributed by atoms with E-state index in [0.29, 0.717) is 19.0 Å². The van der Waals surface area contributed by atoms with Crippen molar-refractivity contribution in [2.75, 3.05) is 26.2 Å². The first kappa shape index (κ1) is 18.9. The van der Waals surface area contributed by atoms with Crippen LogP contribution in [0.5, 0.6) is 0 Å². The number of nitrogens with zero attached hydrogens (tertiary/aromatic N) is 1. The summed E-state index contributed by atoms with van der Waals surface area (Å²) in [5.74, 6) is -0.551. The third-order valence-corrected chi connectivity index (χ3v) is 5.13. The van der Waals surface area contributed by atoms with Gasteiger partial charge < -0.3 is 10.6 Å². The highest BCUT2D eigenvalue weighted by Crippen LogP contribution is 2.25. The molecule has 2 N–H and O–H groups in total. The fraction of sp³-hybridized carbons (Fsp3) is 0.667. The van der Waals surface area contributed by atoms with Crippen LogP contribution in [-0.2, 0) is 9.59 Å². The summed E-state index contributed by atoms with van der Waals surface area (Å²) in [6, 6.07) is 2.27. The van der Waals surface area contributed by atoms with Crippen molar-refractivity contribution >= 4 is 23.2 Å². The van der Waals surface area contributed by atoms with E-state index in [1.54, 1.807) is 11.3 Å². The molecule has 5 nitrogen and oxygen atoms in total. The second kappa shape index (κ2) is 9.79. The zero-order valence-corrected chi connectivity index (χ0v) is 15.5. The Kier molecular flexibility index (Phi) is 7.72. The Morgan fingerprint density at radius 1 is 1.17 bits per heavy atom. The van der Waals surface area contributed by atoms with Crippen molar-refractivity contribution in [3.8, 4) is 0 Å². The molecule has 1 fully saturated rings. The summed E-state index contributed by atoms with van der Waals surface area (Å²) in [6.45, 7) is 7.32. The van der Waals surface area contributed by atoms with Gasteiger partial charge in [-0.25, -0.2) is 0 Å². The van der Waals surface area contributed by atoms with Crippen LogP contribution in [0.3, 0.4) is 0 Å². The van der Waals surface area contributed by atoms with Gasteiger partial charge in [-0.3, -0.25) is 14.5 Å². The average molecular weight is 352 g/mol. The lowest BCUT2D eigenvalue weighted by atomic mass is 10.0. The SMILES string of the molecule is CC(C)CCNC(=O)C(=O)NCC(c1ccsc1)N1CCCCC1. The average Bonchev–Trinajstić information content (AvgIpc) is 3.09. The lowest BCUT2D eigenvalue weighted by Crippen LogP contribution is -2.45. The van der Waals surface area contributed by atoms with Crippen molar-refractivity contribution in [2.45, 2.75) is 45.6 Å². The maximum Gasteiger partial charge on any atom is 0.309 e. The molecule has 0 radical (unpaired) electrons. The number of carbonyl (C=O) groups excluding carboxylic acids is 2. The van der Waals surface area contributed by atoms with Gasteiger partial charge in [0.25, 0.3) is 0 Å². The molecule has 1 unspecified atom stereocenters. The number of carbonyl (C=O) groups is 2. The molecular weight excluding hydrogens is 322 g/mol. The molecule has 0 aliphatic carbocycles. The number of rotatable bonds is 7. The molecule has 1 saturated heterocycles. The summed E-state index contributed by atoms with van der Waals surface area (Å²) in [6.07, 6.45) is 4.55. The Bertz CT molecular complexity index is 510. The monoisotopic (exact) mass is 351 g/mol. The highest BCUT2D eigenvalue weighted by molar-refractivity contribution is 7.07. The van der Waals surface area contributed by atoms with Gasteiger partial charge in [-0.05, 0) is 60.7 Å². The minimum Gasteiger partial charge on any atom is -0.348 e. The largest absolute Gasteiger partial charge is 0.348 e. The predicted molar refractivity (Wildman–Crippen MR) is 98.0 cm³/mol. The highest BCUT2D eigenvalue weighted by Gasteiger charge is 2.24. The first-order valence-electron chi connectivity index (χ1n) is 8.90. The van der Waals surface area contributed by atoms with Crippen molar-refractivity contribution in [1.29, 1.82) is 0 Å². The third-order valence-electron chi connectivity index (χ3n) is 4.43. The van der Waals surface area contributed by atoms with E-state index in [9.17, 15) is 9.59 Å². The molecule has 1 aromatic rings. The quantitative estimate of drug-likeness (QED) is 0.742. The maximum atomic E-state index is 12.0. The fourth-order valence-electron chi connectivity index (χ4n) is 2.98. The van der Waals surface area contributed by atoms with Crippen LogP contribution in [-0.4, -0.2) is 42.9 Å². The first-order valence-corrected chi connectivity index (χ1v) is 9.84. The van der Waals surface area contributed by atoms with Crippen molar-refractivity contribution < 1.29 is 9.59 Å². The Hall–Kier alpha value is -1.40. The second-order valence-corrected chi connectivity index (χ2v) is 7.60. The molecule has 2 rings (SSSR count). The summed E-state index contributed by atoms with van der Waals surface area (Å²) < 4.78 is 0. The number of amides is 2. The molecule has 0 bridgehead atoms. The Labute approximate surface area is 148 Å². The van der Waals surface area contributed by atoms with Gasteiger partial charge >= 0.3 is 11.8 Å². The zero-order valence-electron chi connectivity index (χ0n) is 14.7. The molecule has 1 aromatic heterocycles. The van der Waals surface area contributed by atoms with Gasteiger partial charge in [-0.2, -0.15) is 11.3 Å². The van der Waals surface area contributed by atoms with Gasteiger partial charge in [0.1, 0.15) is 0 Å². The van der Waals surface area contributed by atoms with Gasteiger partial charge in [-0.1, -0.05) is 20.3 Å². The van der Waals surface area contributed by atoms with Crippen molar-refractivity contribution in [1.82, 2.24) is 15.5 Å². The maximum absolute atomic E-state index is 12.0. The summed E-state index contributed by atoms with van der Waals surface area (Å²) >= 11 is 1.67. The van der Waals surface area contributed by atoms with Crippen LogP contribution in [0.4, 0.5) is 0 Å². The van der Waals surface area contributed by atoms with Gasteiger partial charge in [0.2, 0.25) is 0 Å². The number of nitrogens with one attached hydrogen (secondary N) is 2. The predicted octanol–water partition coefficient (Wildman–Crippen LogP) is 2.55. The molecule has 24 heavy (non-hydrogen) atoms. The molecule has 134 valence electrons. The van der Waals surface area contributed by atoms with Gasteiger partial charge in [0.05, 0.1) is 6.04 Å². The summed E-state index contributed by atoms with van der Waals surface area (Å²) in [4.78, 5) is 26.3. The summed E-state index contributed by atoms with van der Waals surface area (Å²) in [5.41, 5.74) is 1.22. The van der Waals surface area contributed by atoms with E-state index in [0.717, 1.165) is 19.5 Å². The van der Waals surface area contributed by atoms with E-state index < -0.39 is 11.8 Å². The molecule has 1 atom stereocenters. The van der Waals surface area contributed by atoms with Crippen LogP contribution in [0, 0.1) is 5.92 Å². The van der Waals surface area contributed by atoms with Crippen LogP contribution in [0.25, 0.3) is 0 Å². The molecule has 0 aromatic carbocycles. The van der Waals surface area contributed by atoms with Gasteiger partial charge in [0.15, 0.2) is 0 Å². The molecule has 0 spiro atoms. The molecular formula is C18H29N3O2S. The van der Waals surface area contributed by atoms with Crippen molar-refractivity contribution in [2.24, 2.45) is 5.92 Å². The smallest absolute Gasteiger partial charge is 0.309 e. The molecule has 2 amide bonds. The van der Waals surface area contributed by atoms with E-state index >= 15 is 0 Å². The number of likely N-dealkylation sites (tertiary alicyclic amines) is 1. The first-order chi connectivity index (χ1) is 11.6. The lowest BCUT2D eigenvalue weighted by Gasteiger charge is -2.34. The fourth-order valence-corrected chi connectivity index (χ4v) is 3.68. The van der Waals surface area contributed by atoms with E-state index in [2.05, 4.69) is 46.2 Å². The number of piperidine rings is 1. The molecule has 2 heterocycles. The number of thiophene rings is 1. The molecule has 1 aliphatic rings. The van der Waals surface area contributed by atoms with Crippen LogP contribution >= 0.6 is 11.3 Å². The molecule has 6 heteroatoms. The minimum absolute atomic E-state index is 0.156. The Morgan fingerprint density at radius 3 is 2.50 bits per heavy atom. The van der Waals surface area contributed by atoms with Gasteiger partial charge in [0, 0.05) is 13.1 Å². The van der Waals surface area contributed by atoms with Crippen LogP contribution in [0.15, 0.2) is 16.8 Å². The summed E-state index contributed by atoms with van der Waals surface area (Å²) in [5, 5.41) is 9.70. The van der Waals surface area contributed by atoms with Crippen LogP contribution in [0.1, 0.15) is 51.1 Å². The Morgan fingerprint density at radius 2 is 1.88 bits per heavy atom. The number of hydrogen-bond donors (Lipinski definition) is 2. The van der Waals surface area contributed by atoms with Crippen molar-refractivity contribution in [3.05, 3.63) is 22.4 Å². The standard InChI is InChI=1S/C18H29N3O2S/c1-14(2)6-8-19-17(22)18(23)20-12-16(15-7-11-24-13-15)21-9-4-3-5-10-21/h7,11,13-14,16H,3-6,8-10,12H2,1-2H3,(H,19,22)(H,20,23). The van der Waals surface area contributed by atoms with Crippen molar-refractivity contribution in [3.63, 3.8) is 0 Å². The zero-order chi connectivity index (χ0) is 17.4.